The maximum absolute atomic E-state index is 14.0. The lowest BCUT2D eigenvalue weighted by Crippen LogP contribution is -2.28. The molecule has 0 radical (unpaired) electrons. The van der Waals surface area contributed by atoms with Gasteiger partial charge in [-0.15, -0.1) is 0 Å². The summed E-state index contributed by atoms with van der Waals surface area (Å²) in [5.74, 6) is 0.519. The Morgan fingerprint density at radius 2 is 1.37 bits per heavy atom. The second-order valence-electron chi connectivity index (χ2n) is 8.29. The van der Waals surface area contributed by atoms with Gasteiger partial charge < -0.3 is 4.74 Å². The van der Waals surface area contributed by atoms with E-state index < -0.39 is 0 Å². The highest BCUT2D eigenvalue weighted by molar-refractivity contribution is 9.10. The van der Waals surface area contributed by atoms with E-state index in [9.17, 15) is 9.59 Å². The molecule has 1 aromatic heterocycles. The van der Waals surface area contributed by atoms with Gasteiger partial charge in [-0.3, -0.25) is 19.1 Å². The second-order valence-corrected chi connectivity index (χ2v) is 9.21. The molecule has 1 amide bonds. The number of hydrogen-bond donors (Lipinski definition) is 0. The van der Waals surface area contributed by atoms with Gasteiger partial charge in [0.05, 0.1) is 12.1 Å². The number of halogens is 1. The van der Waals surface area contributed by atoms with Gasteiger partial charge in [-0.05, 0) is 48.0 Å². The van der Waals surface area contributed by atoms with Crippen LogP contribution in [0.25, 0.3) is 10.8 Å². The summed E-state index contributed by atoms with van der Waals surface area (Å²) >= 11 is 3.48. The molecule has 1 aliphatic rings. The standard InChI is InChI=1S/C29H19BrN2O3/c30-20-14-16-21(17-15-20)32-26-22-10-4-5-11-23(22)27(33)31(18-19-8-2-1-3-9-19)29(26)35-25-13-7-6-12-24(25)28(32)34/h1-17H,18H2. The van der Waals surface area contributed by atoms with Crippen molar-refractivity contribution in [3.05, 3.63) is 129 Å². The summed E-state index contributed by atoms with van der Waals surface area (Å²) in [5, 5.41) is 1.17. The Labute approximate surface area is 210 Å². The van der Waals surface area contributed by atoms with Gasteiger partial charge in [0.1, 0.15) is 11.4 Å². The van der Waals surface area contributed by atoms with Gasteiger partial charge in [0.15, 0.2) is 0 Å². The molecule has 0 atom stereocenters. The average molecular weight is 523 g/mol. The van der Waals surface area contributed by atoms with Crippen LogP contribution < -0.4 is 15.2 Å². The van der Waals surface area contributed by atoms with E-state index >= 15 is 0 Å². The van der Waals surface area contributed by atoms with Gasteiger partial charge in [0.25, 0.3) is 11.5 Å². The van der Waals surface area contributed by atoms with Crippen LogP contribution in [-0.4, -0.2) is 10.5 Å². The molecule has 0 bridgehead atoms. The van der Waals surface area contributed by atoms with Crippen molar-refractivity contribution in [2.45, 2.75) is 6.54 Å². The first-order valence-electron chi connectivity index (χ1n) is 11.2. The van der Waals surface area contributed by atoms with Crippen molar-refractivity contribution in [3.63, 3.8) is 0 Å². The fraction of sp³-hybridized carbons (Fsp3) is 0.0345. The summed E-state index contributed by atoms with van der Waals surface area (Å²) in [6.45, 7) is 0.303. The normalized spacial score (nSPS) is 12.6. The lowest BCUT2D eigenvalue weighted by atomic mass is 10.1. The number of aromatic nitrogens is 1. The number of pyridine rings is 1. The van der Waals surface area contributed by atoms with E-state index in [1.54, 1.807) is 27.7 Å². The van der Waals surface area contributed by atoms with E-state index in [0.717, 1.165) is 10.0 Å². The number of amides is 1. The Bertz CT molecular complexity index is 1640. The molecule has 170 valence electrons. The largest absolute Gasteiger partial charge is 0.438 e. The minimum Gasteiger partial charge on any atom is -0.438 e. The molecule has 4 aromatic carbocycles. The molecule has 5 nitrogen and oxygen atoms in total. The highest BCUT2D eigenvalue weighted by Gasteiger charge is 2.33. The molecule has 35 heavy (non-hydrogen) atoms. The van der Waals surface area contributed by atoms with Crippen LogP contribution in [0.5, 0.6) is 11.6 Å². The highest BCUT2D eigenvalue weighted by atomic mass is 79.9. The number of fused-ring (bicyclic) bond motifs is 4. The molecule has 0 N–H and O–H groups in total. The minimum absolute atomic E-state index is 0.175. The molecule has 0 saturated heterocycles. The van der Waals surface area contributed by atoms with E-state index in [1.807, 2.05) is 84.9 Å². The van der Waals surface area contributed by atoms with Crippen LogP contribution in [0.3, 0.4) is 0 Å². The summed E-state index contributed by atoms with van der Waals surface area (Å²) < 4.78 is 8.95. The van der Waals surface area contributed by atoms with E-state index in [1.165, 1.54) is 0 Å². The van der Waals surface area contributed by atoms with Gasteiger partial charge in [-0.1, -0.05) is 76.6 Å². The zero-order valence-corrected chi connectivity index (χ0v) is 20.1. The first kappa shape index (κ1) is 21.4. The van der Waals surface area contributed by atoms with Gasteiger partial charge in [-0.2, -0.15) is 0 Å². The third-order valence-electron chi connectivity index (χ3n) is 6.12. The van der Waals surface area contributed by atoms with Crippen LogP contribution in [0.15, 0.2) is 112 Å². The number of nitrogens with zero attached hydrogens (tertiary/aromatic N) is 2. The van der Waals surface area contributed by atoms with Crippen molar-refractivity contribution in [1.29, 1.82) is 0 Å². The molecule has 0 saturated carbocycles. The Morgan fingerprint density at radius 1 is 0.714 bits per heavy atom. The summed E-state index contributed by atoms with van der Waals surface area (Å²) in [6, 6.07) is 31.8. The van der Waals surface area contributed by atoms with Crippen LogP contribution in [0.2, 0.25) is 0 Å². The number of ether oxygens (including phenoxy) is 1. The number of carbonyl (C=O) groups is 1. The Morgan fingerprint density at radius 3 is 2.14 bits per heavy atom. The molecule has 0 aliphatic carbocycles. The van der Waals surface area contributed by atoms with E-state index in [4.69, 9.17) is 4.74 Å². The monoisotopic (exact) mass is 522 g/mol. The maximum Gasteiger partial charge on any atom is 0.266 e. The fourth-order valence-corrected chi connectivity index (χ4v) is 4.75. The van der Waals surface area contributed by atoms with Gasteiger partial charge >= 0.3 is 0 Å². The van der Waals surface area contributed by atoms with Crippen molar-refractivity contribution in [1.82, 2.24) is 4.57 Å². The van der Waals surface area contributed by atoms with Crippen molar-refractivity contribution < 1.29 is 9.53 Å². The fourth-order valence-electron chi connectivity index (χ4n) is 4.48. The molecule has 0 spiro atoms. The topological polar surface area (TPSA) is 51.5 Å². The first-order valence-corrected chi connectivity index (χ1v) is 12.0. The Balaban J connectivity index is 1.73. The van der Waals surface area contributed by atoms with Gasteiger partial charge in [-0.25, -0.2) is 0 Å². The maximum atomic E-state index is 14.0. The predicted molar refractivity (Wildman–Crippen MR) is 141 cm³/mol. The van der Waals surface area contributed by atoms with Gasteiger partial charge in [0.2, 0.25) is 5.88 Å². The van der Waals surface area contributed by atoms with E-state index in [2.05, 4.69) is 15.9 Å². The third kappa shape index (κ3) is 3.63. The molecule has 6 heteroatoms. The van der Waals surface area contributed by atoms with Crippen molar-refractivity contribution in [2.75, 3.05) is 4.90 Å². The predicted octanol–water partition coefficient (Wildman–Crippen LogP) is 6.90. The number of para-hydroxylation sites is 1. The van der Waals surface area contributed by atoms with Crippen LogP contribution in [0.4, 0.5) is 11.4 Å². The van der Waals surface area contributed by atoms with Crippen molar-refractivity contribution in [3.8, 4) is 11.6 Å². The Kier molecular flexibility index (Phi) is 5.23. The quantitative estimate of drug-likeness (QED) is 0.259. The Hall–Kier alpha value is -4.16. The van der Waals surface area contributed by atoms with E-state index in [0.29, 0.717) is 45.9 Å². The SMILES string of the molecule is O=C1c2ccccc2Oc2c(c3ccccc3c(=O)n2Cc2ccccc2)N1c1ccc(Br)cc1. The summed E-state index contributed by atoms with van der Waals surface area (Å²) in [5.41, 5.74) is 2.42. The lowest BCUT2D eigenvalue weighted by molar-refractivity contribution is 0.0999. The number of anilines is 2. The summed E-state index contributed by atoms with van der Waals surface area (Å²) in [4.78, 5) is 29.5. The van der Waals surface area contributed by atoms with Crippen LogP contribution in [0, 0.1) is 0 Å². The highest BCUT2D eigenvalue weighted by Crippen LogP contribution is 2.45. The molecule has 0 unspecified atom stereocenters. The zero-order chi connectivity index (χ0) is 23.9. The van der Waals surface area contributed by atoms with Crippen molar-refractivity contribution >= 4 is 44.0 Å². The third-order valence-corrected chi connectivity index (χ3v) is 6.65. The number of rotatable bonds is 3. The number of carbonyl (C=O) groups excluding carboxylic acids is 1. The molecule has 1 aliphatic heterocycles. The molecule has 6 rings (SSSR count). The van der Waals surface area contributed by atoms with Crippen molar-refractivity contribution in [2.24, 2.45) is 0 Å². The smallest absolute Gasteiger partial charge is 0.266 e. The summed E-state index contributed by atoms with van der Waals surface area (Å²) in [6.07, 6.45) is 0. The molecule has 0 fully saturated rings. The van der Waals surface area contributed by atoms with Crippen LogP contribution in [0.1, 0.15) is 15.9 Å². The molecular weight excluding hydrogens is 504 g/mol. The number of hydrogen-bond acceptors (Lipinski definition) is 3. The minimum atomic E-state index is -0.225. The molecule has 5 aromatic rings. The first-order chi connectivity index (χ1) is 17.1. The lowest BCUT2D eigenvalue weighted by Gasteiger charge is -2.25. The average Bonchev–Trinajstić information content (AvgIpc) is 3.02. The zero-order valence-electron chi connectivity index (χ0n) is 18.5. The summed E-state index contributed by atoms with van der Waals surface area (Å²) in [7, 11) is 0. The van der Waals surface area contributed by atoms with Crippen LogP contribution >= 0.6 is 15.9 Å². The van der Waals surface area contributed by atoms with Crippen LogP contribution in [-0.2, 0) is 6.54 Å². The molecule has 2 heterocycles. The second kappa shape index (κ2) is 8.56. The molecular formula is C29H19BrN2O3. The van der Waals surface area contributed by atoms with Gasteiger partial charge in [0, 0.05) is 20.9 Å². The number of benzene rings is 4. The van der Waals surface area contributed by atoms with E-state index in [-0.39, 0.29) is 11.5 Å².